The molecule has 0 spiro atoms. The minimum Gasteiger partial charge on any atom is -0.508 e. The molecule has 0 bridgehead atoms. The van der Waals surface area contributed by atoms with Crippen molar-refractivity contribution in [3.05, 3.63) is 70.3 Å². The molecule has 2 aromatic carbocycles. The van der Waals surface area contributed by atoms with Crippen LogP contribution in [0.4, 0.5) is 4.79 Å². The van der Waals surface area contributed by atoms with Gasteiger partial charge < -0.3 is 15.7 Å². The van der Waals surface area contributed by atoms with Crippen LogP contribution in [-0.4, -0.2) is 11.1 Å². The number of rotatable bonds is 1. The lowest BCUT2D eigenvalue weighted by atomic mass is 9.82. The summed E-state index contributed by atoms with van der Waals surface area (Å²) in [5.41, 5.74) is 6.34. The van der Waals surface area contributed by atoms with Crippen LogP contribution in [0.15, 0.2) is 48.0 Å². The second-order valence-electron chi connectivity index (χ2n) is 6.13. The molecule has 4 nitrogen and oxygen atoms in total. The van der Waals surface area contributed by atoms with E-state index in [2.05, 4.69) is 22.8 Å². The van der Waals surface area contributed by atoms with Crippen molar-refractivity contribution >= 4 is 11.7 Å². The second kappa shape index (κ2) is 5.16. The Bertz CT molecular complexity index is 839. The van der Waals surface area contributed by atoms with Gasteiger partial charge >= 0.3 is 6.03 Å². The van der Waals surface area contributed by atoms with E-state index in [0.29, 0.717) is 0 Å². The summed E-state index contributed by atoms with van der Waals surface area (Å²) in [4.78, 5) is 12.2. The maximum absolute atomic E-state index is 12.2. The lowest BCUT2D eigenvalue weighted by Crippen LogP contribution is -2.44. The highest BCUT2D eigenvalue weighted by Crippen LogP contribution is 2.39. The van der Waals surface area contributed by atoms with Gasteiger partial charge in [0, 0.05) is 5.56 Å². The quantitative estimate of drug-likeness (QED) is 0.756. The van der Waals surface area contributed by atoms with Crippen LogP contribution < -0.4 is 10.6 Å². The zero-order chi connectivity index (χ0) is 16.0. The van der Waals surface area contributed by atoms with Crippen LogP contribution in [0, 0.1) is 6.92 Å². The number of benzene rings is 2. The molecule has 2 aliphatic rings. The molecule has 2 amide bonds. The molecule has 1 heterocycles. The molecule has 0 radical (unpaired) electrons. The molecule has 1 aliphatic heterocycles. The first-order chi connectivity index (χ1) is 11.1. The van der Waals surface area contributed by atoms with Crippen molar-refractivity contribution in [2.45, 2.75) is 25.8 Å². The van der Waals surface area contributed by atoms with Gasteiger partial charge in [-0.3, -0.25) is 0 Å². The normalized spacial score (nSPS) is 19.5. The molecule has 1 aliphatic carbocycles. The third-order valence-corrected chi connectivity index (χ3v) is 4.69. The molecule has 1 atom stereocenters. The molecule has 4 heteroatoms. The van der Waals surface area contributed by atoms with E-state index in [1.54, 1.807) is 6.07 Å². The molecule has 116 valence electrons. The Kier molecular flexibility index (Phi) is 3.11. The number of hydrogen-bond acceptors (Lipinski definition) is 2. The van der Waals surface area contributed by atoms with E-state index in [1.165, 1.54) is 11.1 Å². The van der Waals surface area contributed by atoms with Crippen molar-refractivity contribution in [1.82, 2.24) is 10.6 Å². The molecule has 23 heavy (non-hydrogen) atoms. The molecule has 0 saturated heterocycles. The van der Waals surface area contributed by atoms with Gasteiger partial charge in [0.05, 0.1) is 11.7 Å². The van der Waals surface area contributed by atoms with E-state index >= 15 is 0 Å². The summed E-state index contributed by atoms with van der Waals surface area (Å²) < 4.78 is 0. The first-order valence-electron chi connectivity index (χ1n) is 7.82. The molecule has 4 rings (SSSR count). The standard InChI is InChI=1S/C19H18N2O2/c1-11-10-13(7-9-16(11)22)17-15-8-6-12-4-2-3-5-14(12)18(15)21-19(23)20-17/h2-5,7,9-10,17,22H,6,8H2,1H3,(H2,20,21,23). The van der Waals surface area contributed by atoms with Crippen LogP contribution in [0.3, 0.4) is 0 Å². The van der Waals surface area contributed by atoms with Gasteiger partial charge in [0.2, 0.25) is 0 Å². The number of aromatic hydroxyl groups is 1. The number of urea groups is 1. The Labute approximate surface area is 134 Å². The van der Waals surface area contributed by atoms with Crippen LogP contribution in [0.5, 0.6) is 5.75 Å². The van der Waals surface area contributed by atoms with Crippen molar-refractivity contribution in [1.29, 1.82) is 0 Å². The summed E-state index contributed by atoms with van der Waals surface area (Å²) in [7, 11) is 0. The van der Waals surface area contributed by atoms with Crippen molar-refractivity contribution in [3.8, 4) is 5.75 Å². The lowest BCUT2D eigenvalue weighted by Gasteiger charge is -2.34. The zero-order valence-corrected chi connectivity index (χ0v) is 12.9. The monoisotopic (exact) mass is 306 g/mol. The van der Waals surface area contributed by atoms with Crippen LogP contribution in [0.25, 0.3) is 5.70 Å². The number of phenols is 1. The van der Waals surface area contributed by atoms with Crippen molar-refractivity contribution in [2.24, 2.45) is 0 Å². The van der Waals surface area contributed by atoms with Gasteiger partial charge in [0.25, 0.3) is 0 Å². The summed E-state index contributed by atoms with van der Waals surface area (Å²) in [6.07, 6.45) is 1.88. The van der Waals surface area contributed by atoms with Crippen LogP contribution >= 0.6 is 0 Å². The Hall–Kier alpha value is -2.75. The number of amides is 2. The first kappa shape index (κ1) is 13.9. The van der Waals surface area contributed by atoms with Crippen LogP contribution in [0.1, 0.15) is 34.7 Å². The summed E-state index contributed by atoms with van der Waals surface area (Å²) in [6, 6.07) is 13.4. The Balaban J connectivity index is 1.85. The van der Waals surface area contributed by atoms with Gasteiger partial charge in [-0.15, -0.1) is 0 Å². The van der Waals surface area contributed by atoms with E-state index in [0.717, 1.165) is 35.2 Å². The van der Waals surface area contributed by atoms with Crippen molar-refractivity contribution in [3.63, 3.8) is 0 Å². The number of carbonyl (C=O) groups is 1. The van der Waals surface area contributed by atoms with E-state index in [9.17, 15) is 9.90 Å². The smallest absolute Gasteiger partial charge is 0.319 e. The molecular weight excluding hydrogens is 288 g/mol. The molecule has 3 N–H and O–H groups in total. The maximum atomic E-state index is 12.2. The van der Waals surface area contributed by atoms with Gasteiger partial charge in [0.1, 0.15) is 5.75 Å². The average Bonchev–Trinajstić information content (AvgIpc) is 2.56. The van der Waals surface area contributed by atoms with Gasteiger partial charge in [-0.2, -0.15) is 0 Å². The SMILES string of the molecule is Cc1cc(C2NC(=O)NC3=C2CCc2ccccc23)ccc1O. The minimum atomic E-state index is -0.184. The van der Waals surface area contributed by atoms with Crippen molar-refractivity contribution < 1.29 is 9.90 Å². The topological polar surface area (TPSA) is 61.4 Å². The highest BCUT2D eigenvalue weighted by Gasteiger charge is 2.31. The number of phenolic OH excluding ortho intramolecular Hbond substituents is 1. The van der Waals surface area contributed by atoms with Crippen molar-refractivity contribution in [2.75, 3.05) is 0 Å². The van der Waals surface area contributed by atoms with E-state index < -0.39 is 0 Å². The fourth-order valence-corrected chi connectivity index (χ4v) is 3.50. The number of carbonyl (C=O) groups excluding carboxylic acids is 1. The summed E-state index contributed by atoms with van der Waals surface area (Å²) in [5.74, 6) is 0.275. The molecule has 2 aromatic rings. The predicted octanol–water partition coefficient (Wildman–Crippen LogP) is 3.41. The van der Waals surface area contributed by atoms with Gasteiger partial charge in [-0.05, 0) is 48.1 Å². The Morgan fingerprint density at radius 3 is 2.78 bits per heavy atom. The van der Waals surface area contributed by atoms with Crippen LogP contribution in [-0.2, 0) is 6.42 Å². The summed E-state index contributed by atoms with van der Waals surface area (Å²) >= 11 is 0. The van der Waals surface area contributed by atoms with Gasteiger partial charge in [0.15, 0.2) is 0 Å². The molecule has 1 unspecified atom stereocenters. The molecule has 0 fully saturated rings. The van der Waals surface area contributed by atoms with E-state index in [4.69, 9.17) is 0 Å². The first-order valence-corrected chi connectivity index (χ1v) is 7.82. The third kappa shape index (κ3) is 2.27. The molecule has 0 saturated carbocycles. The fraction of sp³-hybridized carbons (Fsp3) is 0.211. The average molecular weight is 306 g/mol. The maximum Gasteiger partial charge on any atom is 0.319 e. The molecular formula is C19H18N2O2. The van der Waals surface area contributed by atoms with Gasteiger partial charge in [-0.25, -0.2) is 4.79 Å². The minimum absolute atomic E-state index is 0.147. The zero-order valence-electron chi connectivity index (χ0n) is 12.9. The number of hydrogen-bond donors (Lipinski definition) is 3. The number of fused-ring (bicyclic) bond motifs is 2. The largest absolute Gasteiger partial charge is 0.508 e. The highest BCUT2D eigenvalue weighted by molar-refractivity contribution is 5.91. The number of nitrogens with one attached hydrogen (secondary N) is 2. The Morgan fingerprint density at radius 2 is 1.96 bits per heavy atom. The predicted molar refractivity (Wildman–Crippen MR) is 88.9 cm³/mol. The van der Waals surface area contributed by atoms with Gasteiger partial charge in [-0.1, -0.05) is 36.4 Å². The second-order valence-corrected chi connectivity index (χ2v) is 6.13. The third-order valence-electron chi connectivity index (χ3n) is 4.69. The van der Waals surface area contributed by atoms with Crippen LogP contribution in [0.2, 0.25) is 0 Å². The van der Waals surface area contributed by atoms with E-state index in [1.807, 2.05) is 31.2 Å². The fourth-order valence-electron chi connectivity index (χ4n) is 3.50. The highest BCUT2D eigenvalue weighted by atomic mass is 16.3. The Morgan fingerprint density at radius 1 is 1.13 bits per heavy atom. The van der Waals surface area contributed by atoms with E-state index in [-0.39, 0.29) is 17.8 Å². The lowest BCUT2D eigenvalue weighted by molar-refractivity contribution is 0.240. The summed E-state index contributed by atoms with van der Waals surface area (Å²) in [5, 5.41) is 15.7. The number of aryl methyl sites for hydroxylation is 2. The molecule has 0 aromatic heterocycles. The summed E-state index contributed by atoms with van der Waals surface area (Å²) in [6.45, 7) is 1.87.